The van der Waals surface area contributed by atoms with Crippen molar-refractivity contribution in [2.24, 2.45) is 0 Å². The van der Waals surface area contributed by atoms with Gasteiger partial charge in [-0.25, -0.2) is 4.98 Å². The minimum absolute atomic E-state index is 0.262. The smallest absolute Gasteiger partial charge is 0.260 e. The molecule has 1 heterocycles. The summed E-state index contributed by atoms with van der Waals surface area (Å²) >= 11 is 0. The van der Waals surface area contributed by atoms with Crippen molar-refractivity contribution in [2.75, 3.05) is 18.2 Å². The molecular formula is C15H17N3O2. The van der Waals surface area contributed by atoms with E-state index in [0.29, 0.717) is 22.8 Å². The number of pyridine rings is 1. The number of benzene rings is 1. The molecule has 0 radical (unpaired) electrons. The highest BCUT2D eigenvalue weighted by molar-refractivity contribution is 6.06. The molecule has 0 aliphatic rings. The van der Waals surface area contributed by atoms with Crippen LogP contribution in [0.25, 0.3) is 0 Å². The van der Waals surface area contributed by atoms with E-state index in [-0.39, 0.29) is 5.91 Å². The van der Waals surface area contributed by atoms with Crippen LogP contribution in [0.4, 0.5) is 11.5 Å². The zero-order valence-electron chi connectivity index (χ0n) is 11.7. The van der Waals surface area contributed by atoms with Gasteiger partial charge in [0.2, 0.25) is 0 Å². The maximum Gasteiger partial charge on any atom is 0.260 e. The standard InChI is InChI=1S/C15H17N3O2/c1-9-4-5-13(20-3)11(6-9)15(19)18-14-7-10(2)12(16)8-17-14/h4-8H,16H2,1-3H3,(H,17,18,19). The normalized spacial score (nSPS) is 10.2. The lowest BCUT2D eigenvalue weighted by Gasteiger charge is -2.10. The van der Waals surface area contributed by atoms with E-state index in [1.807, 2.05) is 19.9 Å². The lowest BCUT2D eigenvalue weighted by molar-refractivity contribution is 0.102. The third-order valence-electron chi connectivity index (χ3n) is 2.99. The third-order valence-corrected chi connectivity index (χ3v) is 2.99. The number of hydrogen-bond acceptors (Lipinski definition) is 4. The van der Waals surface area contributed by atoms with Gasteiger partial charge in [0.25, 0.3) is 5.91 Å². The second-order valence-electron chi connectivity index (χ2n) is 4.58. The number of amides is 1. The first-order valence-electron chi connectivity index (χ1n) is 6.19. The first kappa shape index (κ1) is 13.9. The van der Waals surface area contributed by atoms with Gasteiger partial charge in [-0.15, -0.1) is 0 Å². The summed E-state index contributed by atoms with van der Waals surface area (Å²) in [4.78, 5) is 16.4. The van der Waals surface area contributed by atoms with Gasteiger partial charge in [-0.3, -0.25) is 4.79 Å². The van der Waals surface area contributed by atoms with Gasteiger partial charge in [-0.1, -0.05) is 11.6 Å². The Morgan fingerprint density at radius 1 is 1.30 bits per heavy atom. The van der Waals surface area contributed by atoms with E-state index in [4.69, 9.17) is 10.5 Å². The Kier molecular flexibility index (Phi) is 3.89. The summed E-state index contributed by atoms with van der Waals surface area (Å²) < 4.78 is 5.20. The topological polar surface area (TPSA) is 77.2 Å². The SMILES string of the molecule is COc1ccc(C)cc1C(=O)Nc1cc(C)c(N)cn1. The minimum Gasteiger partial charge on any atom is -0.496 e. The largest absolute Gasteiger partial charge is 0.496 e. The monoisotopic (exact) mass is 271 g/mol. The van der Waals surface area contributed by atoms with Gasteiger partial charge >= 0.3 is 0 Å². The van der Waals surface area contributed by atoms with E-state index in [2.05, 4.69) is 10.3 Å². The number of nitrogen functional groups attached to an aromatic ring is 1. The van der Waals surface area contributed by atoms with Gasteiger partial charge in [-0.05, 0) is 37.6 Å². The van der Waals surface area contributed by atoms with Crippen molar-refractivity contribution in [3.63, 3.8) is 0 Å². The van der Waals surface area contributed by atoms with Gasteiger partial charge < -0.3 is 15.8 Å². The van der Waals surface area contributed by atoms with Crippen molar-refractivity contribution in [3.8, 4) is 5.75 Å². The number of nitrogens with one attached hydrogen (secondary N) is 1. The van der Waals surface area contributed by atoms with E-state index >= 15 is 0 Å². The van der Waals surface area contributed by atoms with Gasteiger partial charge in [0.1, 0.15) is 11.6 Å². The molecule has 2 aromatic rings. The van der Waals surface area contributed by atoms with Crippen molar-refractivity contribution < 1.29 is 9.53 Å². The molecule has 1 aromatic carbocycles. The molecule has 3 N–H and O–H groups in total. The quantitative estimate of drug-likeness (QED) is 0.899. The first-order chi connectivity index (χ1) is 9.51. The Morgan fingerprint density at radius 2 is 2.05 bits per heavy atom. The lowest BCUT2D eigenvalue weighted by atomic mass is 10.1. The molecule has 0 bridgehead atoms. The molecule has 5 nitrogen and oxygen atoms in total. The number of carbonyl (C=O) groups excluding carboxylic acids is 1. The Bertz CT molecular complexity index is 654. The zero-order chi connectivity index (χ0) is 14.7. The average Bonchev–Trinajstić information content (AvgIpc) is 2.43. The lowest BCUT2D eigenvalue weighted by Crippen LogP contribution is -2.14. The molecular weight excluding hydrogens is 254 g/mol. The fraction of sp³-hybridized carbons (Fsp3) is 0.200. The summed E-state index contributed by atoms with van der Waals surface area (Å²) in [6, 6.07) is 7.17. The number of anilines is 2. The van der Waals surface area contributed by atoms with Crippen LogP contribution in [0.1, 0.15) is 21.5 Å². The summed E-state index contributed by atoms with van der Waals surface area (Å²) in [6.45, 7) is 3.78. The van der Waals surface area contributed by atoms with Crippen molar-refractivity contribution >= 4 is 17.4 Å². The highest BCUT2D eigenvalue weighted by atomic mass is 16.5. The van der Waals surface area contributed by atoms with E-state index in [1.54, 1.807) is 18.2 Å². The van der Waals surface area contributed by atoms with E-state index < -0.39 is 0 Å². The molecule has 0 aliphatic carbocycles. The van der Waals surface area contributed by atoms with Gasteiger partial charge in [0.15, 0.2) is 0 Å². The Balaban J connectivity index is 2.27. The molecule has 104 valence electrons. The predicted molar refractivity (Wildman–Crippen MR) is 79.1 cm³/mol. The summed E-state index contributed by atoms with van der Waals surface area (Å²) in [6.07, 6.45) is 1.53. The van der Waals surface area contributed by atoms with Crippen LogP contribution in [0.15, 0.2) is 30.5 Å². The van der Waals surface area contributed by atoms with Crippen LogP contribution in [0, 0.1) is 13.8 Å². The number of aromatic nitrogens is 1. The van der Waals surface area contributed by atoms with Crippen LogP contribution in [0.5, 0.6) is 5.75 Å². The van der Waals surface area contributed by atoms with E-state index in [9.17, 15) is 4.79 Å². The van der Waals surface area contributed by atoms with Gasteiger partial charge in [-0.2, -0.15) is 0 Å². The molecule has 1 amide bonds. The van der Waals surface area contributed by atoms with Gasteiger partial charge in [0.05, 0.1) is 24.6 Å². The number of methoxy groups -OCH3 is 1. The number of nitrogens with zero attached hydrogens (tertiary/aromatic N) is 1. The van der Waals surface area contributed by atoms with Crippen LogP contribution in [0.2, 0.25) is 0 Å². The summed E-state index contributed by atoms with van der Waals surface area (Å²) in [5.74, 6) is 0.729. The maximum absolute atomic E-state index is 12.3. The Morgan fingerprint density at radius 3 is 2.70 bits per heavy atom. The zero-order valence-corrected chi connectivity index (χ0v) is 11.7. The van der Waals surface area contributed by atoms with E-state index in [0.717, 1.165) is 11.1 Å². The molecule has 2 rings (SSSR count). The summed E-state index contributed by atoms with van der Waals surface area (Å²) in [5, 5.41) is 2.74. The van der Waals surface area contributed by atoms with Crippen molar-refractivity contribution in [1.29, 1.82) is 0 Å². The molecule has 0 atom stereocenters. The number of carbonyl (C=O) groups is 1. The molecule has 0 saturated carbocycles. The van der Waals surface area contributed by atoms with Crippen molar-refractivity contribution in [3.05, 3.63) is 47.2 Å². The predicted octanol–water partition coefficient (Wildman–Crippen LogP) is 2.54. The molecule has 20 heavy (non-hydrogen) atoms. The van der Waals surface area contributed by atoms with E-state index in [1.165, 1.54) is 13.3 Å². The Labute approximate surface area is 117 Å². The second-order valence-corrected chi connectivity index (χ2v) is 4.58. The fourth-order valence-electron chi connectivity index (χ4n) is 1.82. The van der Waals surface area contributed by atoms with Crippen LogP contribution in [-0.4, -0.2) is 18.0 Å². The molecule has 0 spiro atoms. The average molecular weight is 271 g/mol. The maximum atomic E-state index is 12.3. The summed E-state index contributed by atoms with van der Waals surface area (Å²) in [7, 11) is 1.53. The number of hydrogen-bond donors (Lipinski definition) is 2. The van der Waals surface area contributed by atoms with Gasteiger partial charge in [0, 0.05) is 0 Å². The molecule has 0 aliphatic heterocycles. The molecule has 0 fully saturated rings. The van der Waals surface area contributed by atoms with Crippen LogP contribution >= 0.6 is 0 Å². The van der Waals surface area contributed by atoms with Crippen molar-refractivity contribution in [1.82, 2.24) is 4.98 Å². The van der Waals surface area contributed by atoms with Crippen molar-refractivity contribution in [2.45, 2.75) is 13.8 Å². The molecule has 1 aromatic heterocycles. The van der Waals surface area contributed by atoms with Crippen LogP contribution < -0.4 is 15.8 Å². The number of rotatable bonds is 3. The first-order valence-corrected chi connectivity index (χ1v) is 6.19. The Hall–Kier alpha value is -2.56. The summed E-state index contributed by atoms with van der Waals surface area (Å²) in [5.41, 5.74) is 8.62. The number of ether oxygens (including phenoxy) is 1. The molecule has 0 saturated heterocycles. The van der Waals surface area contributed by atoms with Crippen LogP contribution in [-0.2, 0) is 0 Å². The van der Waals surface area contributed by atoms with Crippen LogP contribution in [0.3, 0.4) is 0 Å². The molecule has 0 unspecified atom stereocenters. The highest BCUT2D eigenvalue weighted by Crippen LogP contribution is 2.21. The number of nitrogens with two attached hydrogens (primary N) is 1. The number of aryl methyl sites for hydroxylation is 2. The second kappa shape index (κ2) is 5.61. The fourth-order valence-corrected chi connectivity index (χ4v) is 1.82. The minimum atomic E-state index is -0.262. The third kappa shape index (κ3) is 2.88. The molecule has 5 heteroatoms. The highest BCUT2D eigenvalue weighted by Gasteiger charge is 2.13.